The number of aliphatic carboxylic acids is 1. The maximum Gasteiger partial charge on any atom is 0.313 e. The van der Waals surface area contributed by atoms with Crippen LogP contribution in [0.3, 0.4) is 0 Å². The Hall–Kier alpha value is -1.88. The Morgan fingerprint density at radius 2 is 2.28 bits per heavy atom. The van der Waals surface area contributed by atoms with Gasteiger partial charge in [-0.2, -0.15) is 0 Å². The summed E-state index contributed by atoms with van der Waals surface area (Å²) in [6.45, 7) is 3.75. The van der Waals surface area contributed by atoms with Crippen molar-refractivity contribution < 1.29 is 14.3 Å². The molecule has 0 spiro atoms. The molecule has 0 amide bonds. The summed E-state index contributed by atoms with van der Waals surface area (Å²) in [5.74, 6) is -0.314. The largest absolute Gasteiger partial charge is 0.481 e. The van der Waals surface area contributed by atoms with Crippen LogP contribution in [-0.4, -0.2) is 22.6 Å². The lowest BCUT2D eigenvalue weighted by atomic mass is 9.79. The molecule has 3 N–H and O–H groups in total. The van der Waals surface area contributed by atoms with Crippen LogP contribution in [0.15, 0.2) is 22.6 Å². The number of hydrogen-bond donors (Lipinski definition) is 2. The summed E-state index contributed by atoms with van der Waals surface area (Å²) in [6, 6.07) is 5.27. The third kappa shape index (κ3) is 1.97. The highest BCUT2D eigenvalue weighted by atomic mass is 16.4. The molecule has 0 aliphatic heterocycles. The minimum atomic E-state index is -0.990. The van der Waals surface area contributed by atoms with Gasteiger partial charge in [0.15, 0.2) is 11.5 Å². The van der Waals surface area contributed by atoms with Gasteiger partial charge in [0, 0.05) is 6.92 Å². The van der Waals surface area contributed by atoms with Crippen molar-refractivity contribution in [2.75, 3.05) is 6.54 Å². The van der Waals surface area contributed by atoms with Gasteiger partial charge in [-0.05, 0) is 37.6 Å². The number of hydrogen-bond acceptors (Lipinski definition) is 4. The Labute approximate surface area is 105 Å². The third-order valence-electron chi connectivity index (χ3n) is 3.25. The van der Waals surface area contributed by atoms with Gasteiger partial charge in [-0.1, -0.05) is 6.07 Å². The molecule has 0 fully saturated rings. The van der Waals surface area contributed by atoms with E-state index in [0.717, 1.165) is 0 Å². The van der Waals surface area contributed by atoms with Crippen LogP contribution in [0.2, 0.25) is 0 Å². The second-order valence-electron chi connectivity index (χ2n) is 4.59. The maximum atomic E-state index is 11.5. The number of rotatable bonds is 4. The third-order valence-corrected chi connectivity index (χ3v) is 3.25. The summed E-state index contributed by atoms with van der Waals surface area (Å²) in [6.07, 6.45) is 0.380. The Balaban J connectivity index is 2.54. The van der Waals surface area contributed by atoms with E-state index in [1.54, 1.807) is 32.0 Å². The summed E-state index contributed by atoms with van der Waals surface area (Å²) in [4.78, 5) is 15.7. The second kappa shape index (κ2) is 4.42. The molecule has 1 heterocycles. The van der Waals surface area contributed by atoms with Gasteiger partial charge in [-0.3, -0.25) is 4.79 Å². The summed E-state index contributed by atoms with van der Waals surface area (Å²) in [7, 11) is 0. The number of aryl methyl sites for hydroxylation is 1. The first-order chi connectivity index (χ1) is 8.47. The van der Waals surface area contributed by atoms with E-state index in [1.165, 1.54) is 0 Å². The Kier molecular flexibility index (Phi) is 3.09. The SMILES string of the molecule is Cc1nc2cc(C(C)(CCN)C(=O)O)ccc2o1. The molecule has 5 nitrogen and oxygen atoms in total. The normalized spacial score (nSPS) is 14.6. The molecule has 96 valence electrons. The summed E-state index contributed by atoms with van der Waals surface area (Å²) in [5, 5.41) is 9.39. The van der Waals surface area contributed by atoms with Crippen molar-refractivity contribution in [2.24, 2.45) is 5.73 Å². The highest BCUT2D eigenvalue weighted by Gasteiger charge is 2.34. The number of oxazole rings is 1. The van der Waals surface area contributed by atoms with Gasteiger partial charge >= 0.3 is 5.97 Å². The van der Waals surface area contributed by atoms with Crippen LogP contribution in [0.4, 0.5) is 0 Å². The van der Waals surface area contributed by atoms with Crippen LogP contribution < -0.4 is 5.73 Å². The van der Waals surface area contributed by atoms with E-state index >= 15 is 0 Å². The quantitative estimate of drug-likeness (QED) is 0.861. The van der Waals surface area contributed by atoms with Crippen molar-refractivity contribution in [2.45, 2.75) is 25.7 Å². The molecule has 0 aliphatic rings. The lowest BCUT2D eigenvalue weighted by Gasteiger charge is -2.24. The van der Waals surface area contributed by atoms with Crippen LogP contribution >= 0.6 is 0 Å². The number of nitrogens with two attached hydrogens (primary N) is 1. The second-order valence-corrected chi connectivity index (χ2v) is 4.59. The standard InChI is InChI=1S/C13H16N2O3/c1-8-15-10-7-9(3-4-11(10)18-8)13(2,5-6-14)12(16)17/h3-4,7H,5-6,14H2,1-2H3,(H,16,17). The molecule has 0 saturated carbocycles. The van der Waals surface area contributed by atoms with Crippen molar-refractivity contribution in [3.63, 3.8) is 0 Å². The van der Waals surface area contributed by atoms with Crippen LogP contribution in [-0.2, 0) is 10.2 Å². The van der Waals surface area contributed by atoms with Crippen LogP contribution in [0.1, 0.15) is 24.8 Å². The van der Waals surface area contributed by atoms with E-state index in [9.17, 15) is 9.90 Å². The molecule has 0 radical (unpaired) electrons. The fourth-order valence-electron chi connectivity index (χ4n) is 2.05. The van der Waals surface area contributed by atoms with Crippen molar-refractivity contribution in [1.29, 1.82) is 0 Å². The van der Waals surface area contributed by atoms with E-state index in [2.05, 4.69) is 4.98 Å². The van der Waals surface area contributed by atoms with E-state index in [1.807, 2.05) is 0 Å². The fraction of sp³-hybridized carbons (Fsp3) is 0.385. The predicted molar refractivity (Wildman–Crippen MR) is 67.4 cm³/mol. The monoisotopic (exact) mass is 248 g/mol. The predicted octanol–water partition coefficient (Wildman–Crippen LogP) is 1.83. The minimum Gasteiger partial charge on any atom is -0.481 e. The van der Waals surface area contributed by atoms with Gasteiger partial charge < -0.3 is 15.3 Å². The molecule has 1 aromatic carbocycles. The molecule has 0 aliphatic carbocycles. The van der Waals surface area contributed by atoms with Crippen molar-refractivity contribution in [3.05, 3.63) is 29.7 Å². The first kappa shape index (κ1) is 12.6. The first-order valence-electron chi connectivity index (χ1n) is 5.78. The van der Waals surface area contributed by atoms with Gasteiger partial charge in [0.1, 0.15) is 5.52 Å². The molecular weight excluding hydrogens is 232 g/mol. The van der Waals surface area contributed by atoms with E-state index in [4.69, 9.17) is 10.2 Å². The van der Waals surface area contributed by atoms with Crippen molar-refractivity contribution in [1.82, 2.24) is 4.98 Å². The highest BCUT2D eigenvalue weighted by Crippen LogP contribution is 2.30. The summed E-state index contributed by atoms with van der Waals surface area (Å²) < 4.78 is 5.37. The molecule has 0 bridgehead atoms. The van der Waals surface area contributed by atoms with Crippen LogP contribution in [0.25, 0.3) is 11.1 Å². The van der Waals surface area contributed by atoms with E-state index in [0.29, 0.717) is 35.5 Å². The lowest BCUT2D eigenvalue weighted by Crippen LogP contribution is -2.34. The Bertz CT molecular complexity index is 591. The molecule has 2 aromatic rings. The minimum absolute atomic E-state index is 0.318. The average Bonchev–Trinajstić information content (AvgIpc) is 2.67. The zero-order valence-electron chi connectivity index (χ0n) is 10.4. The molecule has 2 rings (SSSR count). The summed E-state index contributed by atoms with van der Waals surface area (Å²) in [5.41, 5.74) is 6.55. The number of carboxylic acid groups (broad SMARTS) is 1. The molecule has 5 heteroatoms. The number of aromatic nitrogens is 1. The van der Waals surface area contributed by atoms with Gasteiger partial charge in [0.25, 0.3) is 0 Å². The highest BCUT2D eigenvalue weighted by molar-refractivity contribution is 5.83. The van der Waals surface area contributed by atoms with Gasteiger partial charge in [-0.25, -0.2) is 4.98 Å². The van der Waals surface area contributed by atoms with E-state index < -0.39 is 11.4 Å². The molecule has 0 saturated heterocycles. The topological polar surface area (TPSA) is 89.3 Å². The van der Waals surface area contributed by atoms with Gasteiger partial charge in [0.05, 0.1) is 5.41 Å². The number of fused-ring (bicyclic) bond motifs is 1. The number of carboxylic acids is 1. The van der Waals surface area contributed by atoms with E-state index in [-0.39, 0.29) is 0 Å². The number of nitrogens with zero attached hydrogens (tertiary/aromatic N) is 1. The summed E-state index contributed by atoms with van der Waals surface area (Å²) >= 11 is 0. The lowest BCUT2D eigenvalue weighted by molar-refractivity contribution is -0.143. The molecule has 1 unspecified atom stereocenters. The Morgan fingerprint density at radius 3 is 2.89 bits per heavy atom. The molecule has 1 aromatic heterocycles. The molecule has 18 heavy (non-hydrogen) atoms. The van der Waals surface area contributed by atoms with Gasteiger partial charge in [-0.15, -0.1) is 0 Å². The smallest absolute Gasteiger partial charge is 0.313 e. The average molecular weight is 248 g/mol. The van der Waals surface area contributed by atoms with Gasteiger partial charge in [0.2, 0.25) is 0 Å². The molecular formula is C13H16N2O3. The first-order valence-corrected chi connectivity index (χ1v) is 5.78. The maximum absolute atomic E-state index is 11.5. The number of carbonyl (C=O) groups is 1. The molecule has 1 atom stereocenters. The zero-order chi connectivity index (χ0) is 13.3. The fourth-order valence-corrected chi connectivity index (χ4v) is 2.05. The Morgan fingerprint density at radius 1 is 1.56 bits per heavy atom. The number of benzene rings is 1. The van der Waals surface area contributed by atoms with Crippen LogP contribution in [0.5, 0.6) is 0 Å². The van der Waals surface area contributed by atoms with Crippen molar-refractivity contribution >= 4 is 17.1 Å². The zero-order valence-corrected chi connectivity index (χ0v) is 10.4. The van der Waals surface area contributed by atoms with Crippen molar-refractivity contribution in [3.8, 4) is 0 Å². The van der Waals surface area contributed by atoms with Crippen LogP contribution in [0, 0.1) is 6.92 Å².